The van der Waals surface area contributed by atoms with Gasteiger partial charge >= 0.3 is 0 Å². The van der Waals surface area contributed by atoms with E-state index in [1.807, 2.05) is 0 Å². The minimum Gasteiger partial charge on any atom is -0.378 e. The molecule has 38 heavy (non-hydrogen) atoms. The van der Waals surface area contributed by atoms with Crippen molar-refractivity contribution in [1.82, 2.24) is 14.8 Å². The first-order valence-corrected chi connectivity index (χ1v) is 13.4. The molecule has 0 amide bonds. The van der Waals surface area contributed by atoms with Crippen LogP contribution >= 0.6 is 0 Å². The summed E-state index contributed by atoms with van der Waals surface area (Å²) < 4.78 is 12.5. The Bertz CT molecular complexity index is 1110. The number of anilines is 2. The van der Waals surface area contributed by atoms with Crippen molar-refractivity contribution in [1.29, 1.82) is 0 Å². The highest BCUT2D eigenvalue weighted by Gasteiger charge is 2.14. The van der Waals surface area contributed by atoms with Crippen molar-refractivity contribution in [2.45, 2.75) is 26.3 Å². The number of aromatic nitrogens is 1. The number of hydrogen-bond donors (Lipinski definition) is 0. The minimum atomic E-state index is 0.555. The first-order valence-electron chi connectivity index (χ1n) is 13.4. The van der Waals surface area contributed by atoms with Gasteiger partial charge in [-0.25, -0.2) is 0 Å². The zero-order valence-corrected chi connectivity index (χ0v) is 23.9. The van der Waals surface area contributed by atoms with Crippen molar-refractivity contribution in [2.75, 3.05) is 78.4 Å². The summed E-state index contributed by atoms with van der Waals surface area (Å²) in [5.41, 5.74) is 9.26. The molecule has 2 aromatic carbocycles. The topological polar surface area (TPSA) is 44.3 Å². The van der Waals surface area contributed by atoms with Crippen molar-refractivity contribution < 1.29 is 9.47 Å². The maximum absolute atomic E-state index is 6.25. The van der Waals surface area contributed by atoms with Crippen molar-refractivity contribution in [3.63, 3.8) is 0 Å². The molecular weight excluding hydrogens is 474 g/mol. The molecule has 0 atom stereocenters. The van der Waals surface area contributed by atoms with Gasteiger partial charge < -0.3 is 19.3 Å². The molecule has 0 radical (unpaired) electrons. The molecule has 2 heterocycles. The van der Waals surface area contributed by atoms with E-state index in [-0.39, 0.29) is 0 Å². The second kappa shape index (κ2) is 13.2. The van der Waals surface area contributed by atoms with E-state index < -0.39 is 0 Å². The highest BCUT2D eigenvalue weighted by Crippen LogP contribution is 2.33. The predicted octanol–water partition coefficient (Wildman–Crippen LogP) is 4.49. The van der Waals surface area contributed by atoms with Gasteiger partial charge in [-0.3, -0.25) is 14.8 Å². The fraction of sp³-hybridized carbons (Fsp3) is 0.452. The van der Waals surface area contributed by atoms with Gasteiger partial charge in [-0.15, -0.1) is 0 Å². The third-order valence-electron chi connectivity index (χ3n) is 6.98. The van der Waals surface area contributed by atoms with E-state index in [1.54, 1.807) is 0 Å². The van der Waals surface area contributed by atoms with Gasteiger partial charge in [0, 0.05) is 65.7 Å². The Morgan fingerprint density at radius 1 is 0.658 bits per heavy atom. The lowest BCUT2D eigenvalue weighted by Crippen LogP contribution is -2.25. The predicted molar refractivity (Wildman–Crippen MR) is 157 cm³/mol. The van der Waals surface area contributed by atoms with Crippen molar-refractivity contribution in [3.05, 3.63) is 77.1 Å². The van der Waals surface area contributed by atoms with Crippen molar-refractivity contribution in [3.8, 4) is 11.1 Å². The van der Waals surface area contributed by atoms with E-state index >= 15 is 0 Å². The summed E-state index contributed by atoms with van der Waals surface area (Å²) in [5.74, 6) is 0. The molecule has 3 aromatic rings. The average Bonchev–Trinajstić information content (AvgIpc) is 2.88. The van der Waals surface area contributed by atoms with E-state index in [9.17, 15) is 0 Å². The molecule has 0 fully saturated rings. The fourth-order valence-electron chi connectivity index (χ4n) is 4.70. The number of pyridine rings is 1. The second-order valence-corrected chi connectivity index (χ2v) is 10.7. The molecule has 7 nitrogen and oxygen atoms in total. The number of rotatable bonds is 2. The van der Waals surface area contributed by atoms with E-state index in [1.165, 1.54) is 33.6 Å². The van der Waals surface area contributed by atoms with E-state index in [2.05, 4.69) is 116 Å². The summed E-state index contributed by atoms with van der Waals surface area (Å²) in [6.45, 7) is 5.69. The fourth-order valence-corrected chi connectivity index (χ4v) is 4.70. The Labute approximate surface area is 228 Å². The molecular formula is C31H43N5O2. The molecule has 1 aromatic heterocycles. The molecule has 0 N–H and O–H groups in total. The first-order chi connectivity index (χ1) is 18.3. The van der Waals surface area contributed by atoms with Crippen molar-refractivity contribution >= 4 is 11.4 Å². The molecule has 7 heteroatoms. The summed E-state index contributed by atoms with van der Waals surface area (Å²) in [4.78, 5) is 13.7. The van der Waals surface area contributed by atoms with Crippen LogP contribution in [0.25, 0.3) is 11.1 Å². The third-order valence-corrected chi connectivity index (χ3v) is 6.98. The van der Waals surface area contributed by atoms with Gasteiger partial charge in [-0.1, -0.05) is 18.2 Å². The maximum Gasteiger partial charge on any atom is 0.0724 e. The molecule has 2 bridgehead atoms. The Morgan fingerprint density at radius 3 is 1.53 bits per heavy atom. The molecule has 204 valence electrons. The van der Waals surface area contributed by atoms with E-state index in [0.29, 0.717) is 26.4 Å². The zero-order valence-electron chi connectivity index (χ0n) is 23.9. The van der Waals surface area contributed by atoms with Gasteiger partial charge in [0.25, 0.3) is 0 Å². The summed E-state index contributed by atoms with van der Waals surface area (Å²) in [6.07, 6.45) is 0. The molecule has 0 aliphatic carbocycles. The van der Waals surface area contributed by atoms with Gasteiger partial charge in [0.05, 0.1) is 37.8 Å². The lowest BCUT2D eigenvalue weighted by Gasteiger charge is -2.21. The smallest absolute Gasteiger partial charge is 0.0724 e. The Morgan fingerprint density at radius 2 is 1.11 bits per heavy atom. The van der Waals surface area contributed by atoms with Crippen LogP contribution in [0, 0.1) is 0 Å². The van der Waals surface area contributed by atoms with Gasteiger partial charge in [0.1, 0.15) is 0 Å². The van der Waals surface area contributed by atoms with Crippen LogP contribution in [-0.4, -0.2) is 83.4 Å². The average molecular weight is 518 g/mol. The molecule has 1 aliphatic rings. The normalized spacial score (nSPS) is 16.5. The summed E-state index contributed by atoms with van der Waals surface area (Å²) in [5, 5.41) is 0. The van der Waals surface area contributed by atoms with Gasteiger partial charge in [-0.2, -0.15) is 0 Å². The molecule has 0 saturated carbocycles. The standard InChI is InChI=1S/C31H43N5O2/c1-33(2)28-10-12-30-24(18-28)22-37-16-14-35(5)20-26-8-7-9-27(32-26)21-36(6)15-17-38-23-25-19-29(34(3)4)11-13-31(25)30/h7-13,18-19H,14-17,20-23H2,1-6H3. The summed E-state index contributed by atoms with van der Waals surface area (Å²) in [6, 6.07) is 19.6. The summed E-state index contributed by atoms with van der Waals surface area (Å²) in [7, 11) is 12.6. The summed E-state index contributed by atoms with van der Waals surface area (Å²) >= 11 is 0. The van der Waals surface area contributed by atoms with Crippen LogP contribution in [0.4, 0.5) is 11.4 Å². The number of fused-ring (bicyclic) bond motifs is 5. The highest BCUT2D eigenvalue weighted by atomic mass is 16.5. The lowest BCUT2D eigenvalue weighted by atomic mass is 9.94. The zero-order chi connectivity index (χ0) is 27.1. The van der Waals surface area contributed by atoms with Gasteiger partial charge in [-0.05, 0) is 72.7 Å². The Kier molecular flexibility index (Phi) is 9.74. The molecule has 4 rings (SSSR count). The quantitative estimate of drug-likeness (QED) is 0.496. The largest absolute Gasteiger partial charge is 0.378 e. The van der Waals surface area contributed by atoms with Crippen LogP contribution < -0.4 is 9.80 Å². The van der Waals surface area contributed by atoms with Crippen molar-refractivity contribution in [2.24, 2.45) is 0 Å². The number of benzene rings is 2. The van der Waals surface area contributed by atoms with E-state index in [4.69, 9.17) is 14.5 Å². The number of ether oxygens (including phenoxy) is 2. The third kappa shape index (κ3) is 7.54. The SMILES string of the molecule is CN1CCOCc2cc(N(C)C)ccc2-c2ccc(N(C)C)cc2COCCN(C)Cc2cccc(n2)C1. The van der Waals surface area contributed by atoms with Crippen LogP contribution in [0.2, 0.25) is 0 Å². The second-order valence-electron chi connectivity index (χ2n) is 10.7. The number of likely N-dealkylation sites (N-methyl/N-ethyl adjacent to an activating group) is 2. The van der Waals surface area contributed by atoms with Gasteiger partial charge in [0.15, 0.2) is 0 Å². The highest BCUT2D eigenvalue weighted by molar-refractivity contribution is 5.75. The van der Waals surface area contributed by atoms with Crippen LogP contribution in [-0.2, 0) is 35.8 Å². The van der Waals surface area contributed by atoms with E-state index in [0.717, 1.165) is 37.6 Å². The molecule has 0 spiro atoms. The molecule has 0 saturated heterocycles. The first kappa shape index (κ1) is 28.0. The monoisotopic (exact) mass is 517 g/mol. The van der Waals surface area contributed by atoms with Crippen LogP contribution in [0.15, 0.2) is 54.6 Å². The number of hydrogen-bond acceptors (Lipinski definition) is 7. The van der Waals surface area contributed by atoms with Gasteiger partial charge in [0.2, 0.25) is 0 Å². The lowest BCUT2D eigenvalue weighted by molar-refractivity contribution is 0.0978. The number of nitrogens with zero attached hydrogens (tertiary/aromatic N) is 5. The maximum atomic E-state index is 6.25. The molecule has 1 aliphatic heterocycles. The Balaban J connectivity index is 1.66. The Hall–Kier alpha value is -2.97. The minimum absolute atomic E-state index is 0.555. The van der Waals surface area contributed by atoms with Crippen LogP contribution in [0.1, 0.15) is 22.5 Å². The van der Waals surface area contributed by atoms with Crippen LogP contribution in [0.5, 0.6) is 0 Å². The molecule has 0 unspecified atom stereocenters. The van der Waals surface area contributed by atoms with Crippen LogP contribution in [0.3, 0.4) is 0 Å².